The van der Waals surface area contributed by atoms with Gasteiger partial charge in [0.1, 0.15) is 5.76 Å². The topological polar surface area (TPSA) is 92.5 Å². The number of carbonyl (C=O) groups excluding carboxylic acids is 3. The normalized spacial score (nSPS) is 24.0. The van der Waals surface area contributed by atoms with Crippen LogP contribution in [0.5, 0.6) is 0 Å². The smallest absolute Gasteiger partial charge is 0.289 e. The van der Waals surface area contributed by atoms with Gasteiger partial charge < -0.3 is 9.84 Å². The van der Waals surface area contributed by atoms with Gasteiger partial charge in [0.2, 0.25) is 11.8 Å². The fourth-order valence-corrected chi connectivity index (χ4v) is 4.41. The number of aromatic nitrogens is 1. The van der Waals surface area contributed by atoms with Crippen molar-refractivity contribution in [2.45, 2.75) is 64.5 Å². The third kappa shape index (κ3) is 3.89. The number of nitrogens with zero attached hydrogens (tertiary/aromatic N) is 2. The Balaban J connectivity index is 1.60. The van der Waals surface area contributed by atoms with E-state index in [0.29, 0.717) is 12.8 Å². The predicted molar refractivity (Wildman–Crippen MR) is 93.2 cm³/mol. The van der Waals surface area contributed by atoms with E-state index in [4.69, 9.17) is 4.52 Å². The number of hydrogen-bond donors (Lipinski definition) is 1. The minimum Gasteiger partial charge on any atom is -0.361 e. The highest BCUT2D eigenvalue weighted by atomic mass is 32.2. The summed E-state index contributed by atoms with van der Waals surface area (Å²) in [6.45, 7) is 3.70. The van der Waals surface area contributed by atoms with Gasteiger partial charge in [-0.2, -0.15) is 0 Å². The molecule has 3 amide bonds. The fourth-order valence-electron chi connectivity index (χ4n) is 3.65. The first-order chi connectivity index (χ1) is 12.0. The molecule has 1 aromatic rings. The van der Waals surface area contributed by atoms with Gasteiger partial charge in [-0.3, -0.25) is 19.3 Å². The lowest BCUT2D eigenvalue weighted by molar-refractivity contribution is -0.129. The van der Waals surface area contributed by atoms with Gasteiger partial charge in [0.25, 0.3) is 5.24 Å². The summed E-state index contributed by atoms with van der Waals surface area (Å²) in [6.07, 6.45) is 4.42. The molecule has 7 nitrogen and oxygen atoms in total. The van der Waals surface area contributed by atoms with Gasteiger partial charge in [0.15, 0.2) is 0 Å². The number of thioether (sulfide) groups is 1. The first-order valence-corrected chi connectivity index (χ1v) is 9.66. The predicted octanol–water partition coefficient (Wildman–Crippen LogP) is 2.35. The van der Waals surface area contributed by atoms with Crippen LogP contribution in [0.15, 0.2) is 4.52 Å². The molecule has 25 heavy (non-hydrogen) atoms. The molecular formula is C17H23N3O4S. The summed E-state index contributed by atoms with van der Waals surface area (Å²) >= 11 is 1.05. The Kier molecular flexibility index (Phi) is 5.46. The number of hydrogen-bond acceptors (Lipinski definition) is 6. The van der Waals surface area contributed by atoms with Crippen LogP contribution in [0.1, 0.15) is 49.1 Å². The second kappa shape index (κ2) is 7.59. The monoisotopic (exact) mass is 365 g/mol. The summed E-state index contributed by atoms with van der Waals surface area (Å²) in [5, 5.41) is 6.76. The van der Waals surface area contributed by atoms with Gasteiger partial charge >= 0.3 is 0 Å². The van der Waals surface area contributed by atoms with Gasteiger partial charge in [-0.05, 0) is 33.1 Å². The van der Waals surface area contributed by atoms with Crippen molar-refractivity contribution in [3.05, 3.63) is 17.0 Å². The highest BCUT2D eigenvalue weighted by Crippen LogP contribution is 2.30. The van der Waals surface area contributed by atoms with Gasteiger partial charge in [0, 0.05) is 18.0 Å². The number of aryl methyl sites for hydroxylation is 2. The zero-order chi connectivity index (χ0) is 18.0. The minimum absolute atomic E-state index is 0.0661. The van der Waals surface area contributed by atoms with Crippen LogP contribution in [0.2, 0.25) is 0 Å². The van der Waals surface area contributed by atoms with Crippen LogP contribution in [0, 0.1) is 13.8 Å². The standard InChI is InChI=1S/C17H23N3O4S/c1-10-12(11(2)24-19-10)7-8-15(21)18-13-5-3-4-6-14(13)20-16(22)9-25-17(20)23/h13-14H,3-9H2,1-2H3,(H,18,21)/t13-,14+/m0/s1. The average Bonchev–Trinajstić information content (AvgIpc) is 3.08. The van der Waals surface area contributed by atoms with Crippen molar-refractivity contribution in [2.75, 3.05) is 5.75 Å². The van der Waals surface area contributed by atoms with E-state index in [-0.39, 0.29) is 34.9 Å². The second-order valence-electron chi connectivity index (χ2n) is 6.65. The minimum atomic E-state index is -0.216. The molecule has 8 heteroatoms. The third-order valence-corrected chi connectivity index (χ3v) is 5.81. The summed E-state index contributed by atoms with van der Waals surface area (Å²) in [6, 6.07) is -0.371. The van der Waals surface area contributed by atoms with E-state index in [9.17, 15) is 14.4 Å². The average molecular weight is 365 g/mol. The highest BCUT2D eigenvalue weighted by Gasteiger charge is 2.41. The Morgan fingerprint density at radius 3 is 2.72 bits per heavy atom. The van der Waals surface area contributed by atoms with E-state index < -0.39 is 0 Å². The number of imide groups is 1. The zero-order valence-electron chi connectivity index (χ0n) is 14.5. The Bertz CT molecular complexity index is 652. The zero-order valence-corrected chi connectivity index (χ0v) is 15.4. The van der Waals surface area contributed by atoms with Crippen LogP contribution >= 0.6 is 11.8 Å². The van der Waals surface area contributed by atoms with E-state index in [1.807, 2.05) is 13.8 Å². The lowest BCUT2D eigenvalue weighted by Crippen LogP contribution is -2.54. The van der Waals surface area contributed by atoms with E-state index in [1.165, 1.54) is 4.90 Å². The summed E-state index contributed by atoms with van der Waals surface area (Å²) in [7, 11) is 0. The molecule has 136 valence electrons. The van der Waals surface area contributed by atoms with Gasteiger partial charge in [-0.1, -0.05) is 29.8 Å². The third-order valence-electron chi connectivity index (χ3n) is 4.98. The maximum absolute atomic E-state index is 12.4. The summed E-state index contributed by atoms with van der Waals surface area (Å²) in [5.41, 5.74) is 1.78. The molecule has 0 aromatic carbocycles. The van der Waals surface area contributed by atoms with Crippen LogP contribution < -0.4 is 5.32 Å². The molecule has 0 spiro atoms. The van der Waals surface area contributed by atoms with Gasteiger partial charge in [-0.15, -0.1) is 0 Å². The molecule has 0 unspecified atom stereocenters. The summed E-state index contributed by atoms with van der Waals surface area (Å²) < 4.78 is 5.12. The van der Waals surface area contributed by atoms with Crippen LogP contribution in [0.25, 0.3) is 0 Å². The highest BCUT2D eigenvalue weighted by molar-refractivity contribution is 8.14. The number of carbonyl (C=O) groups is 3. The Morgan fingerprint density at radius 1 is 1.32 bits per heavy atom. The lowest BCUT2D eigenvalue weighted by Gasteiger charge is -2.36. The number of nitrogens with one attached hydrogen (secondary N) is 1. The molecule has 3 rings (SSSR count). The Hall–Kier alpha value is -1.83. The van der Waals surface area contributed by atoms with Crippen molar-refractivity contribution in [1.82, 2.24) is 15.4 Å². The Morgan fingerprint density at radius 2 is 2.08 bits per heavy atom. The maximum Gasteiger partial charge on any atom is 0.289 e. The number of rotatable bonds is 5. The van der Waals surface area contributed by atoms with Crippen molar-refractivity contribution in [1.29, 1.82) is 0 Å². The van der Waals surface area contributed by atoms with Gasteiger partial charge in [-0.25, -0.2) is 0 Å². The molecule has 0 bridgehead atoms. The summed E-state index contributed by atoms with van der Waals surface area (Å²) in [5.74, 6) is 0.744. The largest absolute Gasteiger partial charge is 0.361 e. The molecule has 1 aliphatic heterocycles. The van der Waals surface area contributed by atoms with Crippen molar-refractivity contribution in [3.63, 3.8) is 0 Å². The molecular weight excluding hydrogens is 342 g/mol. The molecule has 1 aromatic heterocycles. The van der Waals surface area contributed by atoms with Crippen LogP contribution in [0.3, 0.4) is 0 Å². The molecule has 1 saturated carbocycles. The first-order valence-electron chi connectivity index (χ1n) is 8.67. The van der Waals surface area contributed by atoms with E-state index in [2.05, 4.69) is 10.5 Å². The van der Waals surface area contributed by atoms with Crippen LogP contribution in [-0.4, -0.2) is 44.9 Å². The van der Waals surface area contributed by atoms with E-state index in [0.717, 1.165) is 54.5 Å². The first kappa shape index (κ1) is 18.0. The Labute approximate surface area is 150 Å². The molecule has 2 aliphatic rings. The van der Waals surface area contributed by atoms with E-state index >= 15 is 0 Å². The molecule has 1 saturated heterocycles. The molecule has 2 fully saturated rings. The van der Waals surface area contributed by atoms with Crippen molar-refractivity contribution >= 4 is 28.8 Å². The van der Waals surface area contributed by atoms with Crippen molar-refractivity contribution in [3.8, 4) is 0 Å². The maximum atomic E-state index is 12.4. The molecule has 2 atom stereocenters. The lowest BCUT2D eigenvalue weighted by atomic mass is 9.89. The molecule has 1 aliphatic carbocycles. The fraction of sp³-hybridized carbons (Fsp3) is 0.647. The van der Waals surface area contributed by atoms with E-state index in [1.54, 1.807) is 0 Å². The van der Waals surface area contributed by atoms with Crippen LogP contribution in [-0.2, 0) is 16.0 Å². The SMILES string of the molecule is Cc1noc(C)c1CCC(=O)N[C@H]1CCCC[C@H]1N1C(=O)CSC1=O. The van der Waals surface area contributed by atoms with Crippen molar-refractivity contribution < 1.29 is 18.9 Å². The quantitative estimate of drug-likeness (QED) is 0.861. The molecule has 0 radical (unpaired) electrons. The summed E-state index contributed by atoms with van der Waals surface area (Å²) in [4.78, 5) is 37.8. The molecule has 2 heterocycles. The van der Waals surface area contributed by atoms with Gasteiger partial charge in [0.05, 0.1) is 17.5 Å². The number of amides is 3. The van der Waals surface area contributed by atoms with Crippen LogP contribution in [0.4, 0.5) is 4.79 Å². The van der Waals surface area contributed by atoms with Crippen molar-refractivity contribution in [2.24, 2.45) is 0 Å². The second-order valence-corrected chi connectivity index (χ2v) is 7.57. The molecule has 1 N–H and O–H groups in total.